The Morgan fingerprint density at radius 2 is 1.79 bits per heavy atom. The first-order valence-corrected chi connectivity index (χ1v) is 8.30. The van der Waals surface area contributed by atoms with Gasteiger partial charge in [-0.3, -0.25) is 0 Å². The van der Waals surface area contributed by atoms with E-state index in [1.807, 2.05) is 6.07 Å². The molecule has 2 aromatic rings. The summed E-state index contributed by atoms with van der Waals surface area (Å²) in [5, 5.41) is 12.3. The van der Waals surface area contributed by atoms with Gasteiger partial charge in [0.2, 0.25) is 0 Å². The fourth-order valence-corrected chi connectivity index (χ4v) is 3.17. The largest absolute Gasteiger partial charge is 0.392 e. The van der Waals surface area contributed by atoms with Crippen LogP contribution in [0.2, 0.25) is 0 Å². The van der Waals surface area contributed by atoms with Gasteiger partial charge in [0.05, 0.1) is 6.61 Å². The molecular weight excluding hydrogens is 310 g/mol. The number of nitrogens with zero attached hydrogens (tertiary/aromatic N) is 1. The van der Waals surface area contributed by atoms with Crippen LogP contribution >= 0.6 is 0 Å². The molecule has 1 aliphatic heterocycles. The molecule has 1 aliphatic rings. The minimum atomic E-state index is -0.410. The first-order valence-electron chi connectivity index (χ1n) is 8.30. The van der Waals surface area contributed by atoms with Crippen molar-refractivity contribution in [3.8, 4) is 0 Å². The summed E-state index contributed by atoms with van der Waals surface area (Å²) in [6.07, 6.45) is 2.28. The second-order valence-corrected chi connectivity index (χ2v) is 6.12. The maximum absolute atomic E-state index is 14.3. The Labute approximate surface area is 140 Å². The fourth-order valence-electron chi connectivity index (χ4n) is 3.17. The molecule has 0 saturated carbocycles. The minimum absolute atomic E-state index is 0.206. The summed E-state index contributed by atoms with van der Waals surface area (Å²) < 4.78 is 27.7. The lowest BCUT2D eigenvalue weighted by Gasteiger charge is -2.22. The number of hydrogen-bond donors (Lipinski definition) is 2. The van der Waals surface area contributed by atoms with Gasteiger partial charge in [-0.2, -0.15) is 0 Å². The Morgan fingerprint density at radius 3 is 2.54 bits per heavy atom. The van der Waals surface area contributed by atoms with Crippen LogP contribution in [0.5, 0.6) is 0 Å². The van der Waals surface area contributed by atoms with Crippen molar-refractivity contribution in [2.24, 2.45) is 0 Å². The van der Waals surface area contributed by atoms with Gasteiger partial charge in [-0.1, -0.05) is 12.1 Å². The zero-order valence-electron chi connectivity index (χ0n) is 13.6. The second kappa shape index (κ2) is 7.73. The third-order valence-electron chi connectivity index (χ3n) is 4.45. The number of rotatable bonds is 6. The highest BCUT2D eigenvalue weighted by atomic mass is 19.1. The van der Waals surface area contributed by atoms with Crippen molar-refractivity contribution >= 4 is 5.69 Å². The van der Waals surface area contributed by atoms with Gasteiger partial charge in [-0.05, 0) is 42.7 Å². The Morgan fingerprint density at radius 1 is 1.00 bits per heavy atom. The van der Waals surface area contributed by atoms with Gasteiger partial charge in [0, 0.05) is 43.0 Å². The number of anilines is 1. The van der Waals surface area contributed by atoms with E-state index < -0.39 is 5.82 Å². The summed E-state index contributed by atoms with van der Waals surface area (Å²) in [5.41, 5.74) is 2.76. The van der Waals surface area contributed by atoms with E-state index in [9.17, 15) is 8.78 Å². The van der Waals surface area contributed by atoms with Gasteiger partial charge >= 0.3 is 0 Å². The lowest BCUT2D eigenvalue weighted by molar-refractivity contribution is 0.275. The van der Waals surface area contributed by atoms with Crippen LogP contribution in [-0.4, -0.2) is 18.2 Å². The van der Waals surface area contributed by atoms with Crippen LogP contribution in [0.15, 0.2) is 36.4 Å². The van der Waals surface area contributed by atoms with Crippen molar-refractivity contribution in [1.82, 2.24) is 5.32 Å². The normalized spacial score (nSPS) is 14.4. The number of nitrogens with one attached hydrogen (secondary N) is 1. The molecule has 24 heavy (non-hydrogen) atoms. The summed E-state index contributed by atoms with van der Waals surface area (Å²) >= 11 is 0. The van der Waals surface area contributed by atoms with Crippen molar-refractivity contribution in [3.05, 3.63) is 64.7 Å². The molecule has 0 aromatic heterocycles. The molecule has 128 valence electrons. The second-order valence-electron chi connectivity index (χ2n) is 6.12. The van der Waals surface area contributed by atoms with E-state index in [4.69, 9.17) is 5.11 Å². The smallest absolute Gasteiger partial charge is 0.129 e. The third kappa shape index (κ3) is 3.74. The van der Waals surface area contributed by atoms with Crippen LogP contribution in [-0.2, 0) is 19.7 Å². The molecule has 3 nitrogen and oxygen atoms in total. The van der Waals surface area contributed by atoms with Crippen LogP contribution in [0.25, 0.3) is 0 Å². The van der Waals surface area contributed by atoms with E-state index in [0.29, 0.717) is 18.7 Å². The van der Waals surface area contributed by atoms with E-state index in [1.165, 1.54) is 12.1 Å². The van der Waals surface area contributed by atoms with Gasteiger partial charge < -0.3 is 15.3 Å². The van der Waals surface area contributed by atoms with E-state index in [0.717, 1.165) is 37.2 Å². The number of aliphatic hydroxyl groups is 1. The van der Waals surface area contributed by atoms with Gasteiger partial charge in [-0.15, -0.1) is 0 Å². The Kier molecular flexibility index (Phi) is 5.43. The SMILES string of the molecule is OCc1cc(CNCc2c(F)cccc2N2CCCC2)ccc1F. The van der Waals surface area contributed by atoms with Crippen LogP contribution in [0, 0.1) is 11.6 Å². The van der Waals surface area contributed by atoms with Crippen LogP contribution in [0.4, 0.5) is 14.5 Å². The standard InChI is InChI=1S/C19H22F2N2O/c20-17-7-6-14(10-15(17)13-24)11-22-12-16-18(21)4-3-5-19(16)23-8-1-2-9-23/h3-7,10,22,24H,1-2,8-9,11-13H2. The third-order valence-corrected chi connectivity index (χ3v) is 4.45. The highest BCUT2D eigenvalue weighted by Gasteiger charge is 2.17. The Hall–Kier alpha value is -1.98. The van der Waals surface area contributed by atoms with Crippen molar-refractivity contribution < 1.29 is 13.9 Å². The first kappa shape index (κ1) is 16.9. The number of benzene rings is 2. The molecule has 2 N–H and O–H groups in total. The summed E-state index contributed by atoms with van der Waals surface area (Å²) in [6.45, 7) is 2.50. The molecule has 0 aliphatic carbocycles. The predicted molar refractivity (Wildman–Crippen MR) is 90.7 cm³/mol. The highest BCUT2D eigenvalue weighted by molar-refractivity contribution is 5.54. The van der Waals surface area contributed by atoms with Gasteiger partial charge in [-0.25, -0.2) is 8.78 Å². The summed E-state index contributed by atoms with van der Waals surface area (Å²) in [5.74, 6) is -0.617. The lowest BCUT2D eigenvalue weighted by Crippen LogP contribution is -2.22. The first-order chi connectivity index (χ1) is 11.7. The average molecular weight is 332 g/mol. The monoisotopic (exact) mass is 332 g/mol. The maximum Gasteiger partial charge on any atom is 0.129 e. The minimum Gasteiger partial charge on any atom is -0.392 e. The fraction of sp³-hybridized carbons (Fsp3) is 0.368. The van der Waals surface area contributed by atoms with Crippen LogP contribution in [0.1, 0.15) is 29.5 Å². The van der Waals surface area contributed by atoms with Crippen molar-refractivity contribution in [2.45, 2.75) is 32.5 Å². The van der Waals surface area contributed by atoms with E-state index in [1.54, 1.807) is 18.2 Å². The summed E-state index contributed by atoms with van der Waals surface area (Å²) in [4.78, 5) is 2.22. The number of aliphatic hydroxyl groups excluding tert-OH is 1. The van der Waals surface area contributed by atoms with Crippen molar-refractivity contribution in [1.29, 1.82) is 0 Å². The topological polar surface area (TPSA) is 35.5 Å². The molecule has 0 bridgehead atoms. The van der Waals surface area contributed by atoms with Crippen molar-refractivity contribution in [3.63, 3.8) is 0 Å². The van der Waals surface area contributed by atoms with Gasteiger partial charge in [0.15, 0.2) is 0 Å². The molecule has 1 heterocycles. The molecular formula is C19H22F2N2O. The molecule has 5 heteroatoms. The molecule has 0 radical (unpaired) electrons. The molecule has 0 unspecified atom stereocenters. The summed E-state index contributed by atoms with van der Waals surface area (Å²) in [7, 11) is 0. The predicted octanol–water partition coefficient (Wildman–Crippen LogP) is 3.35. The molecule has 0 spiro atoms. The zero-order valence-corrected chi connectivity index (χ0v) is 13.6. The molecule has 1 fully saturated rings. The van der Waals surface area contributed by atoms with E-state index in [2.05, 4.69) is 10.2 Å². The average Bonchev–Trinajstić information content (AvgIpc) is 3.12. The van der Waals surface area contributed by atoms with Crippen molar-refractivity contribution in [2.75, 3.05) is 18.0 Å². The van der Waals surface area contributed by atoms with E-state index in [-0.39, 0.29) is 18.0 Å². The molecule has 0 atom stereocenters. The quantitative estimate of drug-likeness (QED) is 0.852. The van der Waals surface area contributed by atoms with Crippen LogP contribution < -0.4 is 10.2 Å². The summed E-state index contributed by atoms with van der Waals surface area (Å²) in [6, 6.07) is 9.85. The van der Waals surface area contributed by atoms with Crippen LogP contribution in [0.3, 0.4) is 0 Å². The highest BCUT2D eigenvalue weighted by Crippen LogP contribution is 2.26. The molecule has 0 amide bonds. The number of hydrogen-bond acceptors (Lipinski definition) is 3. The molecule has 2 aromatic carbocycles. The van der Waals surface area contributed by atoms with Gasteiger partial charge in [0.25, 0.3) is 0 Å². The zero-order chi connectivity index (χ0) is 16.9. The Bertz CT molecular complexity index is 700. The molecule has 3 rings (SSSR count). The Balaban J connectivity index is 1.68. The number of halogens is 2. The maximum atomic E-state index is 14.3. The van der Waals surface area contributed by atoms with Gasteiger partial charge in [0.1, 0.15) is 11.6 Å². The van der Waals surface area contributed by atoms with E-state index >= 15 is 0 Å². The molecule has 1 saturated heterocycles. The lowest BCUT2D eigenvalue weighted by atomic mass is 10.1.